The van der Waals surface area contributed by atoms with Crippen LogP contribution in [0.15, 0.2) is 65.7 Å². The van der Waals surface area contributed by atoms with Gasteiger partial charge in [0, 0.05) is 30.3 Å². The number of benzene rings is 2. The summed E-state index contributed by atoms with van der Waals surface area (Å²) in [4.78, 5) is 22.4. The Morgan fingerprint density at radius 1 is 1.12 bits per heavy atom. The standard InChI is InChI=1S/C24H19ClN6O3/c25-14-6-7-19-20(10-14)33-13-16(34-19)8-9-26-24-27-11-17-21-18(12-28-30-21)23(32)31(22(17)29-24)15-4-2-1-3-5-15/h1-7,10-12,16H,8-9,13H2,(H,28,30)(H,26,27,29)/t16-/m0/s1. The molecule has 0 spiro atoms. The molecule has 4 heterocycles. The van der Waals surface area contributed by atoms with Gasteiger partial charge in [0.15, 0.2) is 17.1 Å². The Bertz CT molecular complexity index is 1570. The van der Waals surface area contributed by atoms with E-state index in [0.29, 0.717) is 64.0 Å². The summed E-state index contributed by atoms with van der Waals surface area (Å²) in [5.41, 5.74) is 1.63. The Hall–Kier alpha value is -4.11. The molecular weight excluding hydrogens is 456 g/mol. The van der Waals surface area contributed by atoms with Crippen molar-refractivity contribution in [3.63, 3.8) is 0 Å². The summed E-state index contributed by atoms with van der Waals surface area (Å²) in [6.45, 7) is 0.989. The maximum Gasteiger partial charge on any atom is 0.267 e. The highest BCUT2D eigenvalue weighted by Crippen LogP contribution is 2.34. The molecule has 2 aromatic carbocycles. The Morgan fingerprint density at radius 3 is 2.88 bits per heavy atom. The van der Waals surface area contributed by atoms with E-state index in [1.165, 1.54) is 6.20 Å². The number of halogens is 1. The lowest BCUT2D eigenvalue weighted by atomic mass is 10.2. The van der Waals surface area contributed by atoms with Gasteiger partial charge in [-0.2, -0.15) is 10.1 Å². The van der Waals surface area contributed by atoms with Crippen LogP contribution in [0.4, 0.5) is 5.95 Å². The fraction of sp³-hybridized carbons (Fsp3) is 0.167. The summed E-state index contributed by atoms with van der Waals surface area (Å²) >= 11 is 6.01. The third-order valence-electron chi connectivity index (χ3n) is 5.71. The molecule has 10 heteroatoms. The minimum Gasteiger partial charge on any atom is -0.486 e. The topological polar surface area (TPSA) is 107 Å². The Morgan fingerprint density at radius 2 is 2.00 bits per heavy atom. The first kappa shape index (κ1) is 20.5. The average molecular weight is 475 g/mol. The molecule has 1 aliphatic heterocycles. The van der Waals surface area contributed by atoms with Crippen LogP contribution in [0.1, 0.15) is 6.42 Å². The number of nitrogens with one attached hydrogen (secondary N) is 2. The van der Waals surface area contributed by atoms with Gasteiger partial charge < -0.3 is 14.8 Å². The highest BCUT2D eigenvalue weighted by atomic mass is 35.5. The number of aromatic nitrogens is 5. The zero-order valence-corrected chi connectivity index (χ0v) is 18.6. The van der Waals surface area contributed by atoms with Crippen LogP contribution in [0, 0.1) is 0 Å². The van der Waals surface area contributed by atoms with E-state index in [-0.39, 0.29) is 11.7 Å². The molecule has 34 heavy (non-hydrogen) atoms. The van der Waals surface area contributed by atoms with E-state index < -0.39 is 0 Å². The normalized spacial score (nSPS) is 15.0. The van der Waals surface area contributed by atoms with Crippen LogP contribution in [0.5, 0.6) is 11.5 Å². The smallest absolute Gasteiger partial charge is 0.267 e. The first-order chi connectivity index (χ1) is 16.7. The van der Waals surface area contributed by atoms with Crippen LogP contribution < -0.4 is 20.3 Å². The van der Waals surface area contributed by atoms with Crippen molar-refractivity contribution in [2.45, 2.75) is 12.5 Å². The molecule has 0 bridgehead atoms. The number of anilines is 1. The van der Waals surface area contributed by atoms with Crippen molar-refractivity contribution < 1.29 is 9.47 Å². The number of fused-ring (bicyclic) bond motifs is 4. The largest absolute Gasteiger partial charge is 0.486 e. The van der Waals surface area contributed by atoms with Crippen molar-refractivity contribution in [1.82, 2.24) is 24.7 Å². The number of nitrogens with zero attached hydrogens (tertiary/aromatic N) is 4. The number of ether oxygens (including phenoxy) is 2. The van der Waals surface area contributed by atoms with E-state index in [4.69, 9.17) is 21.1 Å². The molecule has 0 amide bonds. The number of H-pyrrole nitrogens is 1. The molecule has 2 N–H and O–H groups in total. The second-order valence-electron chi connectivity index (χ2n) is 7.92. The van der Waals surface area contributed by atoms with E-state index in [1.54, 1.807) is 22.9 Å². The molecule has 9 nitrogen and oxygen atoms in total. The Kier molecular flexibility index (Phi) is 5.03. The fourth-order valence-electron chi connectivity index (χ4n) is 4.07. The summed E-state index contributed by atoms with van der Waals surface area (Å²) in [5, 5.41) is 12.0. The lowest BCUT2D eigenvalue weighted by Crippen LogP contribution is -2.31. The average Bonchev–Trinajstić information content (AvgIpc) is 3.36. The van der Waals surface area contributed by atoms with Crippen molar-refractivity contribution in [3.05, 3.63) is 76.3 Å². The molecule has 0 unspecified atom stereocenters. The first-order valence-electron chi connectivity index (χ1n) is 10.8. The summed E-state index contributed by atoms with van der Waals surface area (Å²) < 4.78 is 13.4. The predicted molar refractivity (Wildman–Crippen MR) is 129 cm³/mol. The molecule has 1 aliphatic rings. The van der Waals surface area contributed by atoms with Gasteiger partial charge in [0.25, 0.3) is 5.56 Å². The van der Waals surface area contributed by atoms with Gasteiger partial charge in [-0.25, -0.2) is 4.98 Å². The predicted octanol–water partition coefficient (Wildman–Crippen LogP) is 3.95. The van der Waals surface area contributed by atoms with Gasteiger partial charge in [-0.1, -0.05) is 29.8 Å². The molecule has 1 atom stereocenters. The molecule has 0 fully saturated rings. The number of para-hydroxylation sites is 1. The highest BCUT2D eigenvalue weighted by Gasteiger charge is 2.21. The highest BCUT2D eigenvalue weighted by molar-refractivity contribution is 6.30. The maximum absolute atomic E-state index is 13.2. The molecule has 3 aromatic heterocycles. The number of pyridine rings is 1. The number of hydrogen-bond donors (Lipinski definition) is 2. The number of aromatic amines is 1. The van der Waals surface area contributed by atoms with Gasteiger partial charge >= 0.3 is 0 Å². The Labute approximate surface area is 198 Å². The lowest BCUT2D eigenvalue weighted by Gasteiger charge is -2.26. The molecule has 6 rings (SSSR count). The molecular formula is C24H19ClN6O3. The van der Waals surface area contributed by atoms with Crippen LogP contribution in [0.3, 0.4) is 0 Å². The van der Waals surface area contributed by atoms with Gasteiger partial charge in [0.2, 0.25) is 5.95 Å². The molecule has 0 aliphatic carbocycles. The second kappa shape index (κ2) is 8.35. The summed E-state index contributed by atoms with van der Waals surface area (Å²) in [5.74, 6) is 1.75. The van der Waals surface area contributed by atoms with Crippen LogP contribution in [0.25, 0.3) is 27.6 Å². The number of rotatable bonds is 5. The van der Waals surface area contributed by atoms with Crippen LogP contribution >= 0.6 is 11.6 Å². The van der Waals surface area contributed by atoms with Crippen molar-refractivity contribution in [2.75, 3.05) is 18.5 Å². The number of hydrogen-bond acceptors (Lipinski definition) is 7. The van der Waals surface area contributed by atoms with Gasteiger partial charge in [0.05, 0.1) is 28.2 Å². The summed E-state index contributed by atoms with van der Waals surface area (Å²) in [7, 11) is 0. The van der Waals surface area contributed by atoms with Crippen molar-refractivity contribution >= 4 is 39.5 Å². The fourth-order valence-corrected chi connectivity index (χ4v) is 4.23. The third kappa shape index (κ3) is 3.60. The summed E-state index contributed by atoms with van der Waals surface area (Å²) in [6, 6.07) is 14.7. The zero-order valence-electron chi connectivity index (χ0n) is 17.9. The van der Waals surface area contributed by atoms with Gasteiger partial charge in [-0.15, -0.1) is 0 Å². The lowest BCUT2D eigenvalue weighted by molar-refractivity contribution is 0.0873. The minimum atomic E-state index is -0.196. The first-order valence-corrected chi connectivity index (χ1v) is 11.2. The maximum atomic E-state index is 13.2. The van der Waals surface area contributed by atoms with Crippen LogP contribution in [0.2, 0.25) is 5.02 Å². The SMILES string of the molecule is O=c1c2cn[nH]c2c2cnc(NCC[C@H]3COc4cc(Cl)ccc4O3)nc2n1-c1ccccc1. The van der Waals surface area contributed by atoms with Crippen LogP contribution in [-0.4, -0.2) is 44.0 Å². The quantitative estimate of drug-likeness (QED) is 0.397. The van der Waals surface area contributed by atoms with Gasteiger partial charge in [0.1, 0.15) is 12.7 Å². The van der Waals surface area contributed by atoms with Crippen molar-refractivity contribution in [2.24, 2.45) is 0 Å². The van der Waals surface area contributed by atoms with E-state index in [0.717, 1.165) is 5.69 Å². The van der Waals surface area contributed by atoms with Gasteiger partial charge in [-0.05, 0) is 24.3 Å². The van der Waals surface area contributed by atoms with Crippen LogP contribution in [-0.2, 0) is 0 Å². The minimum absolute atomic E-state index is 0.117. The van der Waals surface area contributed by atoms with E-state index in [2.05, 4.69) is 25.5 Å². The van der Waals surface area contributed by atoms with E-state index >= 15 is 0 Å². The third-order valence-corrected chi connectivity index (χ3v) is 5.95. The molecule has 0 saturated carbocycles. The van der Waals surface area contributed by atoms with E-state index in [9.17, 15) is 4.79 Å². The molecule has 5 aromatic rings. The molecule has 170 valence electrons. The van der Waals surface area contributed by atoms with Gasteiger partial charge in [-0.3, -0.25) is 14.5 Å². The van der Waals surface area contributed by atoms with E-state index in [1.807, 2.05) is 36.4 Å². The summed E-state index contributed by atoms with van der Waals surface area (Å²) in [6.07, 6.45) is 3.79. The van der Waals surface area contributed by atoms with Crippen molar-refractivity contribution in [3.8, 4) is 17.2 Å². The monoisotopic (exact) mass is 474 g/mol. The second-order valence-corrected chi connectivity index (χ2v) is 8.36. The van der Waals surface area contributed by atoms with Crippen molar-refractivity contribution in [1.29, 1.82) is 0 Å². The Balaban J connectivity index is 1.27. The zero-order chi connectivity index (χ0) is 23.1. The molecule has 0 saturated heterocycles. The molecule has 0 radical (unpaired) electrons.